The number of anilines is 1. The second-order valence-electron chi connectivity index (χ2n) is 9.88. The molecule has 0 saturated carbocycles. The van der Waals surface area contributed by atoms with E-state index in [9.17, 15) is 22.4 Å². The van der Waals surface area contributed by atoms with E-state index >= 15 is 0 Å². The van der Waals surface area contributed by atoms with Crippen LogP contribution >= 0.6 is 0 Å². The number of benzene rings is 2. The number of hydrogen-bond donors (Lipinski definition) is 1. The first-order chi connectivity index (χ1) is 18.9. The first-order valence-corrected chi connectivity index (χ1v) is 12.6. The van der Waals surface area contributed by atoms with Gasteiger partial charge in [-0.15, -0.1) is 0 Å². The average molecular weight is 551 g/mol. The van der Waals surface area contributed by atoms with Crippen LogP contribution in [0.25, 0.3) is 16.9 Å². The molecule has 40 heavy (non-hydrogen) atoms. The Morgan fingerprint density at radius 2 is 1.65 bits per heavy atom. The molecule has 0 atom stereocenters. The van der Waals surface area contributed by atoms with Gasteiger partial charge in [-0.1, -0.05) is 50.2 Å². The van der Waals surface area contributed by atoms with E-state index < -0.39 is 17.8 Å². The molecule has 0 unspecified atom stereocenters. The molecule has 1 N–H and O–H groups in total. The zero-order valence-electron chi connectivity index (χ0n) is 22.2. The predicted molar refractivity (Wildman–Crippen MR) is 143 cm³/mol. The summed E-state index contributed by atoms with van der Waals surface area (Å²) >= 11 is 0. The van der Waals surface area contributed by atoms with Crippen molar-refractivity contribution >= 4 is 17.2 Å². The fourth-order valence-electron chi connectivity index (χ4n) is 4.45. The topological polar surface area (TPSA) is 77.1 Å². The van der Waals surface area contributed by atoms with Crippen molar-refractivity contribution in [1.29, 1.82) is 0 Å². The number of amides is 1. The lowest BCUT2D eigenvalue weighted by Gasteiger charge is -2.12. The van der Waals surface area contributed by atoms with E-state index in [1.165, 1.54) is 18.2 Å². The summed E-state index contributed by atoms with van der Waals surface area (Å²) in [6, 6.07) is 15.3. The molecule has 0 saturated heterocycles. The van der Waals surface area contributed by atoms with Gasteiger partial charge in [0.05, 0.1) is 29.3 Å². The fourth-order valence-corrected chi connectivity index (χ4v) is 4.45. The zero-order valence-corrected chi connectivity index (χ0v) is 22.2. The van der Waals surface area contributed by atoms with Crippen molar-refractivity contribution in [3.63, 3.8) is 0 Å². The lowest BCUT2D eigenvalue weighted by atomic mass is 10.0. The van der Waals surface area contributed by atoms with Crippen LogP contribution in [0.2, 0.25) is 0 Å². The highest BCUT2D eigenvalue weighted by Gasteiger charge is 2.36. The van der Waals surface area contributed by atoms with E-state index in [2.05, 4.69) is 20.5 Å². The van der Waals surface area contributed by atoms with Gasteiger partial charge in [-0.3, -0.25) is 9.48 Å². The van der Waals surface area contributed by atoms with E-state index in [1.54, 1.807) is 42.8 Å². The number of hydrogen-bond acceptors (Lipinski definition) is 4. The molecular weight excluding hydrogens is 524 g/mol. The summed E-state index contributed by atoms with van der Waals surface area (Å²) in [7, 11) is 0. The van der Waals surface area contributed by atoms with E-state index in [4.69, 9.17) is 0 Å². The van der Waals surface area contributed by atoms with Gasteiger partial charge >= 0.3 is 6.18 Å². The van der Waals surface area contributed by atoms with Crippen molar-refractivity contribution in [1.82, 2.24) is 24.4 Å². The number of nitrogens with zero attached hydrogens (tertiary/aromatic N) is 5. The largest absolute Gasteiger partial charge is 0.433 e. The Morgan fingerprint density at radius 1 is 0.975 bits per heavy atom. The molecule has 0 spiro atoms. The molecule has 1 amide bonds. The summed E-state index contributed by atoms with van der Waals surface area (Å²) in [6.45, 7) is 7.85. The average Bonchev–Trinajstić information content (AvgIpc) is 3.45. The fraction of sp³-hybridized carbons (Fsp3) is 0.241. The molecule has 3 heterocycles. The second kappa shape index (κ2) is 10.2. The first kappa shape index (κ1) is 27.0. The normalized spacial score (nSPS) is 11.9. The standard InChI is InChI=1S/C29H26F4N6O/c1-16(2)20-7-9-21(10-8-20)23-13-25(29(31,32)33)39-26(34-23)14-24(37-39)28(40)35-27-17(3)36-38(18(27)4)15-19-5-11-22(30)12-6-19/h5-14,16H,15H2,1-4H3,(H,35,40). The first-order valence-electron chi connectivity index (χ1n) is 12.6. The third-order valence-corrected chi connectivity index (χ3v) is 6.69. The Bertz CT molecular complexity index is 1700. The summed E-state index contributed by atoms with van der Waals surface area (Å²) in [4.78, 5) is 17.5. The Morgan fingerprint density at radius 3 is 2.27 bits per heavy atom. The maximum absolute atomic E-state index is 14.0. The number of fused-ring (bicyclic) bond motifs is 1. The molecule has 5 rings (SSSR count). The number of aryl methyl sites for hydroxylation is 1. The molecule has 0 fully saturated rings. The van der Waals surface area contributed by atoms with Crippen LogP contribution in [0.15, 0.2) is 60.7 Å². The summed E-state index contributed by atoms with van der Waals surface area (Å²) in [5.74, 6) is -0.778. The van der Waals surface area contributed by atoms with E-state index in [0.717, 1.165) is 17.2 Å². The van der Waals surface area contributed by atoms with E-state index in [0.29, 0.717) is 33.7 Å². The number of alkyl halides is 3. The maximum Gasteiger partial charge on any atom is 0.433 e. The Hall–Kier alpha value is -4.54. The minimum Gasteiger partial charge on any atom is -0.317 e. The molecule has 0 bridgehead atoms. The smallest absolute Gasteiger partial charge is 0.317 e. The lowest BCUT2D eigenvalue weighted by Crippen LogP contribution is -2.16. The summed E-state index contributed by atoms with van der Waals surface area (Å²) in [5.41, 5.74) is 2.68. The van der Waals surface area contributed by atoms with Gasteiger partial charge in [0.1, 0.15) is 5.82 Å². The zero-order chi connectivity index (χ0) is 28.8. The minimum atomic E-state index is -4.73. The number of carbonyl (C=O) groups excluding carboxylic acids is 1. The third kappa shape index (κ3) is 5.31. The van der Waals surface area contributed by atoms with Gasteiger partial charge < -0.3 is 5.32 Å². The van der Waals surface area contributed by atoms with Crippen molar-refractivity contribution in [3.05, 3.63) is 100 Å². The SMILES string of the molecule is Cc1nn(Cc2ccc(F)cc2)c(C)c1NC(=O)c1cc2nc(-c3ccc(C(C)C)cc3)cc(C(F)(F)F)n2n1. The van der Waals surface area contributed by atoms with Gasteiger partial charge in [-0.05, 0) is 49.1 Å². The van der Waals surface area contributed by atoms with Crippen LogP contribution in [0.1, 0.15) is 58.5 Å². The van der Waals surface area contributed by atoms with Gasteiger partial charge in [0, 0.05) is 11.6 Å². The Balaban J connectivity index is 1.46. The molecule has 0 aliphatic carbocycles. The van der Waals surface area contributed by atoms with E-state index in [1.807, 2.05) is 26.0 Å². The number of rotatable bonds is 6. The van der Waals surface area contributed by atoms with Crippen LogP contribution in [0.5, 0.6) is 0 Å². The maximum atomic E-state index is 14.0. The molecule has 206 valence electrons. The Kier molecular flexibility index (Phi) is 6.91. The number of halogens is 4. The van der Waals surface area contributed by atoms with Crippen LogP contribution in [-0.4, -0.2) is 30.3 Å². The second-order valence-corrected chi connectivity index (χ2v) is 9.88. The van der Waals surface area contributed by atoms with Crippen LogP contribution in [0.4, 0.5) is 23.2 Å². The molecule has 2 aromatic carbocycles. The van der Waals surface area contributed by atoms with Crippen molar-refractivity contribution in [3.8, 4) is 11.3 Å². The van der Waals surface area contributed by atoms with E-state index in [-0.39, 0.29) is 28.8 Å². The number of nitrogens with one attached hydrogen (secondary N) is 1. The molecule has 0 aliphatic heterocycles. The van der Waals surface area contributed by atoms with Crippen LogP contribution in [0.3, 0.4) is 0 Å². The molecule has 11 heteroatoms. The quantitative estimate of drug-likeness (QED) is 0.236. The van der Waals surface area contributed by atoms with Crippen molar-refractivity contribution in [2.45, 2.75) is 46.3 Å². The van der Waals surface area contributed by atoms with Crippen molar-refractivity contribution in [2.75, 3.05) is 5.32 Å². The lowest BCUT2D eigenvalue weighted by molar-refractivity contribution is -0.142. The molecule has 5 aromatic rings. The third-order valence-electron chi connectivity index (χ3n) is 6.69. The van der Waals surface area contributed by atoms with Crippen LogP contribution in [0, 0.1) is 19.7 Å². The number of carbonyl (C=O) groups is 1. The van der Waals surface area contributed by atoms with Gasteiger partial charge in [0.15, 0.2) is 17.0 Å². The van der Waals surface area contributed by atoms with Crippen LogP contribution in [-0.2, 0) is 12.7 Å². The van der Waals surface area contributed by atoms with Crippen molar-refractivity contribution in [2.24, 2.45) is 0 Å². The Labute approximate surface area is 227 Å². The molecule has 7 nitrogen and oxygen atoms in total. The highest BCUT2D eigenvalue weighted by molar-refractivity contribution is 6.04. The number of aromatic nitrogens is 5. The van der Waals surface area contributed by atoms with Crippen LogP contribution < -0.4 is 5.32 Å². The summed E-state index contributed by atoms with van der Waals surface area (Å²) in [5, 5.41) is 11.1. The minimum absolute atomic E-state index is 0.108. The highest BCUT2D eigenvalue weighted by atomic mass is 19.4. The summed E-state index contributed by atoms with van der Waals surface area (Å²) in [6.07, 6.45) is -4.73. The van der Waals surface area contributed by atoms with Gasteiger partial charge in [-0.2, -0.15) is 23.4 Å². The molecular formula is C29H26F4N6O. The van der Waals surface area contributed by atoms with Gasteiger partial charge in [0.25, 0.3) is 5.91 Å². The monoisotopic (exact) mass is 550 g/mol. The molecule has 0 radical (unpaired) electrons. The molecule has 3 aromatic heterocycles. The van der Waals surface area contributed by atoms with Crippen molar-refractivity contribution < 1.29 is 22.4 Å². The summed E-state index contributed by atoms with van der Waals surface area (Å²) < 4.78 is 57.6. The van der Waals surface area contributed by atoms with Gasteiger partial charge in [0.2, 0.25) is 0 Å². The molecule has 0 aliphatic rings. The predicted octanol–water partition coefficient (Wildman–Crippen LogP) is 6.79. The van der Waals surface area contributed by atoms with Gasteiger partial charge in [-0.25, -0.2) is 13.9 Å². The highest BCUT2D eigenvalue weighted by Crippen LogP contribution is 2.33.